The number of nitrogens with one attached hydrogen (secondary N) is 1. The Hall–Kier alpha value is -2.37. The molecular formula is C18H23N3O3. The van der Waals surface area contributed by atoms with Crippen molar-refractivity contribution in [3.05, 3.63) is 40.0 Å². The molecule has 1 aromatic heterocycles. The second-order valence-corrected chi connectivity index (χ2v) is 6.30. The smallest absolute Gasteiger partial charge is 0.336 e. The van der Waals surface area contributed by atoms with Crippen molar-refractivity contribution >= 4 is 11.8 Å². The Morgan fingerprint density at radius 2 is 2.17 bits per heavy atom. The normalized spacial score (nSPS) is 20.8. The number of ketones is 1. The van der Waals surface area contributed by atoms with Gasteiger partial charge in [-0.15, -0.1) is 0 Å². The fourth-order valence-corrected chi connectivity index (χ4v) is 3.57. The van der Waals surface area contributed by atoms with Crippen LogP contribution in [0.3, 0.4) is 0 Å². The van der Waals surface area contributed by atoms with Crippen LogP contribution in [0, 0.1) is 6.92 Å². The summed E-state index contributed by atoms with van der Waals surface area (Å²) in [5, 5.41) is 7.58. The molecule has 128 valence electrons. The Morgan fingerprint density at radius 1 is 1.42 bits per heavy atom. The number of nitrogens with zero attached hydrogens (tertiary/aromatic N) is 2. The minimum atomic E-state index is -0.401. The maximum atomic E-state index is 12.7. The van der Waals surface area contributed by atoms with Crippen LogP contribution in [0.25, 0.3) is 0 Å². The Balaban J connectivity index is 2.19. The second-order valence-electron chi connectivity index (χ2n) is 6.30. The average molecular weight is 329 g/mol. The number of rotatable bonds is 3. The molecule has 3 rings (SSSR count). The number of hydrogen-bond acceptors (Lipinski definition) is 5. The average Bonchev–Trinajstić information content (AvgIpc) is 2.86. The van der Waals surface area contributed by atoms with Crippen molar-refractivity contribution in [2.45, 2.75) is 46.0 Å². The highest BCUT2D eigenvalue weighted by Gasteiger charge is 2.40. The zero-order valence-corrected chi connectivity index (χ0v) is 14.6. The fraction of sp³-hybridized carbons (Fsp3) is 0.500. The molecule has 1 aliphatic heterocycles. The van der Waals surface area contributed by atoms with Gasteiger partial charge in [-0.1, -0.05) is 0 Å². The SMILES string of the molecule is CCOC(=O)C1=C(C)NC2=C(C(=O)CCC2)[C@@H]1c1cnn(C)c1C. The van der Waals surface area contributed by atoms with Gasteiger partial charge in [-0.25, -0.2) is 4.79 Å². The largest absolute Gasteiger partial charge is 0.463 e. The van der Waals surface area contributed by atoms with Crippen molar-refractivity contribution in [2.75, 3.05) is 6.61 Å². The van der Waals surface area contributed by atoms with E-state index in [1.807, 2.05) is 20.9 Å². The first-order valence-electron chi connectivity index (χ1n) is 8.35. The van der Waals surface area contributed by atoms with Crippen LogP contribution in [0.15, 0.2) is 28.7 Å². The van der Waals surface area contributed by atoms with Crippen molar-refractivity contribution in [3.8, 4) is 0 Å². The van der Waals surface area contributed by atoms with E-state index >= 15 is 0 Å². The van der Waals surface area contributed by atoms with Crippen molar-refractivity contribution in [1.82, 2.24) is 15.1 Å². The molecule has 2 heterocycles. The van der Waals surface area contributed by atoms with Crippen molar-refractivity contribution in [2.24, 2.45) is 7.05 Å². The van der Waals surface area contributed by atoms with Crippen molar-refractivity contribution in [3.63, 3.8) is 0 Å². The maximum absolute atomic E-state index is 12.7. The Morgan fingerprint density at radius 3 is 2.79 bits per heavy atom. The molecular weight excluding hydrogens is 306 g/mol. The van der Waals surface area contributed by atoms with Gasteiger partial charge in [-0.3, -0.25) is 9.48 Å². The third kappa shape index (κ3) is 2.56. The Kier molecular flexibility index (Phi) is 4.30. The number of ether oxygens (including phenoxy) is 1. The van der Waals surface area contributed by atoms with E-state index < -0.39 is 5.92 Å². The van der Waals surface area contributed by atoms with Gasteiger partial charge in [0.15, 0.2) is 5.78 Å². The molecule has 0 amide bonds. The van der Waals surface area contributed by atoms with Crippen LogP contribution in [-0.2, 0) is 21.4 Å². The molecule has 1 aromatic rings. The highest BCUT2D eigenvalue weighted by atomic mass is 16.5. The van der Waals surface area contributed by atoms with Crippen molar-refractivity contribution in [1.29, 1.82) is 0 Å². The number of carbonyl (C=O) groups excluding carboxylic acids is 2. The molecule has 6 heteroatoms. The molecule has 2 aliphatic rings. The van der Waals surface area contributed by atoms with Gasteiger partial charge in [0.25, 0.3) is 0 Å². The van der Waals surface area contributed by atoms with E-state index in [9.17, 15) is 9.59 Å². The number of aryl methyl sites for hydroxylation is 1. The van der Waals surface area contributed by atoms with Gasteiger partial charge in [0.2, 0.25) is 0 Å². The summed E-state index contributed by atoms with van der Waals surface area (Å²) in [6.07, 6.45) is 3.94. The summed E-state index contributed by atoms with van der Waals surface area (Å²) < 4.78 is 7.03. The molecule has 0 saturated heterocycles. The molecule has 1 atom stereocenters. The standard InChI is InChI=1S/C18H23N3O3/c1-5-24-18(23)15-10(2)20-13-7-6-8-14(22)17(13)16(15)12-9-19-21(4)11(12)3/h9,16,20H,5-8H2,1-4H3/t16-/m1/s1. The summed E-state index contributed by atoms with van der Waals surface area (Å²) in [7, 11) is 1.86. The number of esters is 1. The lowest BCUT2D eigenvalue weighted by Gasteiger charge is -2.33. The van der Waals surface area contributed by atoms with Crippen molar-refractivity contribution < 1.29 is 14.3 Å². The van der Waals surface area contributed by atoms with Crippen LogP contribution in [0.1, 0.15) is 50.3 Å². The van der Waals surface area contributed by atoms with Gasteiger partial charge in [0.1, 0.15) is 0 Å². The van der Waals surface area contributed by atoms with Gasteiger partial charge in [-0.05, 0) is 33.6 Å². The van der Waals surface area contributed by atoms with Crippen LogP contribution in [0.2, 0.25) is 0 Å². The molecule has 24 heavy (non-hydrogen) atoms. The Bertz CT molecular complexity index is 770. The van der Waals surface area contributed by atoms with Gasteiger partial charge in [0.05, 0.1) is 24.3 Å². The number of Topliss-reactive ketones (excluding diaryl/α,β-unsaturated/α-hetero) is 1. The highest BCUT2D eigenvalue weighted by Crippen LogP contribution is 2.43. The molecule has 0 bridgehead atoms. The zero-order valence-electron chi connectivity index (χ0n) is 14.6. The van der Waals surface area contributed by atoms with E-state index in [2.05, 4.69) is 10.4 Å². The third-order valence-corrected chi connectivity index (χ3v) is 4.86. The minimum absolute atomic E-state index is 0.103. The monoisotopic (exact) mass is 329 g/mol. The topological polar surface area (TPSA) is 73.2 Å². The molecule has 0 spiro atoms. The van der Waals surface area contributed by atoms with Crippen LogP contribution in [0.4, 0.5) is 0 Å². The predicted octanol–water partition coefficient (Wildman–Crippen LogP) is 2.26. The number of dihydropyridines is 1. The molecule has 0 fully saturated rings. The summed E-state index contributed by atoms with van der Waals surface area (Å²) in [5.41, 5.74) is 4.75. The highest BCUT2D eigenvalue weighted by molar-refractivity contribution is 6.03. The molecule has 1 N–H and O–H groups in total. The number of hydrogen-bond donors (Lipinski definition) is 1. The van der Waals surface area contributed by atoms with Crippen LogP contribution >= 0.6 is 0 Å². The lowest BCUT2D eigenvalue weighted by atomic mass is 9.75. The maximum Gasteiger partial charge on any atom is 0.336 e. The lowest BCUT2D eigenvalue weighted by molar-refractivity contribution is -0.138. The molecule has 6 nitrogen and oxygen atoms in total. The van der Waals surface area contributed by atoms with Gasteiger partial charge >= 0.3 is 5.97 Å². The second kappa shape index (κ2) is 6.26. The molecule has 0 unspecified atom stereocenters. The first-order valence-corrected chi connectivity index (χ1v) is 8.35. The summed E-state index contributed by atoms with van der Waals surface area (Å²) in [5.74, 6) is -0.672. The van der Waals surface area contributed by atoms with E-state index in [1.54, 1.807) is 17.8 Å². The number of aromatic nitrogens is 2. The van der Waals surface area contributed by atoms with Gasteiger partial charge in [-0.2, -0.15) is 5.10 Å². The molecule has 0 radical (unpaired) electrons. The quantitative estimate of drug-likeness (QED) is 0.861. The number of allylic oxidation sites excluding steroid dienone is 3. The summed E-state index contributed by atoms with van der Waals surface area (Å²) >= 11 is 0. The molecule has 1 aliphatic carbocycles. The summed E-state index contributed by atoms with van der Waals surface area (Å²) in [4.78, 5) is 25.3. The van der Waals surface area contributed by atoms with E-state index in [0.29, 0.717) is 24.2 Å². The van der Waals surface area contributed by atoms with E-state index in [0.717, 1.165) is 35.5 Å². The van der Waals surface area contributed by atoms with Gasteiger partial charge in [0, 0.05) is 41.7 Å². The summed E-state index contributed by atoms with van der Waals surface area (Å²) in [6.45, 7) is 5.91. The van der Waals surface area contributed by atoms with Crippen LogP contribution in [0.5, 0.6) is 0 Å². The van der Waals surface area contributed by atoms with E-state index in [4.69, 9.17) is 4.74 Å². The zero-order chi connectivity index (χ0) is 17.4. The van der Waals surface area contributed by atoms with Crippen LogP contribution in [-0.4, -0.2) is 28.1 Å². The fourth-order valence-electron chi connectivity index (χ4n) is 3.57. The Labute approximate surface area is 141 Å². The van der Waals surface area contributed by atoms with E-state index in [1.165, 1.54) is 0 Å². The van der Waals surface area contributed by atoms with E-state index in [-0.39, 0.29) is 11.8 Å². The minimum Gasteiger partial charge on any atom is -0.463 e. The van der Waals surface area contributed by atoms with Gasteiger partial charge < -0.3 is 10.1 Å². The number of carbonyl (C=O) groups is 2. The van der Waals surface area contributed by atoms with Crippen LogP contribution < -0.4 is 5.32 Å². The first-order chi connectivity index (χ1) is 11.5. The predicted molar refractivity (Wildman–Crippen MR) is 89.0 cm³/mol. The summed E-state index contributed by atoms with van der Waals surface area (Å²) in [6, 6.07) is 0. The molecule has 0 saturated carbocycles. The molecule has 0 aromatic carbocycles. The third-order valence-electron chi connectivity index (χ3n) is 4.86. The first kappa shape index (κ1) is 16.5. The lowest BCUT2D eigenvalue weighted by Crippen LogP contribution is -2.34.